The van der Waals surface area contributed by atoms with Crippen molar-refractivity contribution in [1.82, 2.24) is 14.6 Å². The second kappa shape index (κ2) is 4.21. The molecule has 0 saturated heterocycles. The van der Waals surface area contributed by atoms with Crippen molar-refractivity contribution in [1.29, 1.82) is 0 Å². The van der Waals surface area contributed by atoms with E-state index in [9.17, 15) is 13.2 Å². The first-order valence-corrected chi connectivity index (χ1v) is 7.04. The van der Waals surface area contributed by atoms with E-state index in [-0.39, 0.29) is 16.4 Å². The number of aromatic nitrogens is 3. The molecule has 0 aliphatic rings. The Labute approximate surface area is 107 Å². The number of nitrogens with zero attached hydrogens (tertiary/aromatic N) is 3. The first-order chi connectivity index (χ1) is 8.34. The lowest BCUT2D eigenvalue weighted by molar-refractivity contribution is 0.0593. The van der Waals surface area contributed by atoms with Gasteiger partial charge in [-0.15, -0.1) is 0 Å². The summed E-state index contributed by atoms with van der Waals surface area (Å²) in [6, 6.07) is 1.02. The maximum atomic E-state index is 11.4. The van der Waals surface area contributed by atoms with Gasteiger partial charge in [-0.3, -0.25) is 0 Å². The molecule has 96 valence electrons. The lowest BCUT2D eigenvalue weighted by Gasteiger charge is -2.04. The SMILES string of the molecule is COC(=O)c1cc(S(=O)(=O)Cl)n2ncc(C)c2n1. The highest BCUT2D eigenvalue weighted by Gasteiger charge is 2.21. The number of hydrogen-bond donors (Lipinski definition) is 0. The van der Waals surface area contributed by atoms with E-state index >= 15 is 0 Å². The van der Waals surface area contributed by atoms with Gasteiger partial charge in [0.1, 0.15) is 0 Å². The van der Waals surface area contributed by atoms with E-state index in [1.54, 1.807) is 6.92 Å². The molecule has 0 fully saturated rings. The highest BCUT2D eigenvalue weighted by molar-refractivity contribution is 8.13. The zero-order valence-electron chi connectivity index (χ0n) is 9.42. The van der Waals surface area contributed by atoms with Crippen LogP contribution in [0, 0.1) is 6.92 Å². The molecule has 0 unspecified atom stereocenters. The third-order valence-corrected chi connectivity index (χ3v) is 3.52. The Bertz CT molecular complexity index is 738. The average molecular weight is 290 g/mol. The minimum atomic E-state index is -4.06. The lowest BCUT2D eigenvalue weighted by Crippen LogP contribution is -2.11. The van der Waals surface area contributed by atoms with Gasteiger partial charge < -0.3 is 4.74 Å². The van der Waals surface area contributed by atoms with Crippen LogP contribution in [-0.2, 0) is 13.8 Å². The fourth-order valence-electron chi connectivity index (χ4n) is 1.43. The Balaban J connectivity index is 2.87. The van der Waals surface area contributed by atoms with Crippen LogP contribution < -0.4 is 0 Å². The zero-order valence-corrected chi connectivity index (χ0v) is 11.0. The summed E-state index contributed by atoms with van der Waals surface area (Å²) in [5, 5.41) is 3.52. The highest BCUT2D eigenvalue weighted by atomic mass is 35.7. The van der Waals surface area contributed by atoms with Crippen LogP contribution in [0.15, 0.2) is 17.3 Å². The highest BCUT2D eigenvalue weighted by Crippen LogP contribution is 2.19. The summed E-state index contributed by atoms with van der Waals surface area (Å²) in [6.07, 6.45) is 1.43. The number of aryl methyl sites for hydroxylation is 1. The second-order valence-corrected chi connectivity index (χ2v) is 5.98. The number of methoxy groups -OCH3 is 1. The van der Waals surface area contributed by atoms with Gasteiger partial charge in [-0.2, -0.15) is 5.10 Å². The van der Waals surface area contributed by atoms with Crippen LogP contribution in [0.5, 0.6) is 0 Å². The van der Waals surface area contributed by atoms with Gasteiger partial charge in [0.05, 0.1) is 13.3 Å². The van der Waals surface area contributed by atoms with Crippen LogP contribution in [0.4, 0.5) is 0 Å². The molecule has 18 heavy (non-hydrogen) atoms. The number of carbonyl (C=O) groups excluding carboxylic acids is 1. The molecule has 2 aromatic heterocycles. The molecule has 0 spiro atoms. The van der Waals surface area contributed by atoms with Crippen molar-refractivity contribution >= 4 is 31.3 Å². The quantitative estimate of drug-likeness (QED) is 0.460. The predicted molar refractivity (Wildman–Crippen MR) is 62.1 cm³/mol. The molecule has 0 atom stereocenters. The van der Waals surface area contributed by atoms with Gasteiger partial charge in [-0.25, -0.2) is 22.7 Å². The summed E-state index contributed by atoms with van der Waals surface area (Å²) in [5.74, 6) is -0.750. The van der Waals surface area contributed by atoms with Gasteiger partial charge >= 0.3 is 5.97 Å². The molecule has 2 rings (SSSR count). The molecule has 0 aliphatic heterocycles. The number of esters is 1. The summed E-state index contributed by atoms with van der Waals surface area (Å²) < 4.78 is 28.4. The number of carbonyl (C=O) groups is 1. The lowest BCUT2D eigenvalue weighted by atomic mass is 10.3. The van der Waals surface area contributed by atoms with Crippen molar-refractivity contribution in [2.75, 3.05) is 7.11 Å². The van der Waals surface area contributed by atoms with Crippen molar-refractivity contribution in [2.45, 2.75) is 11.9 Å². The third kappa shape index (κ3) is 2.04. The first-order valence-electron chi connectivity index (χ1n) is 4.73. The summed E-state index contributed by atoms with van der Waals surface area (Å²) in [5.41, 5.74) is 0.701. The van der Waals surface area contributed by atoms with Crippen LogP contribution in [0.25, 0.3) is 5.65 Å². The normalized spacial score (nSPS) is 11.7. The Hall–Kier alpha value is -1.67. The molecule has 0 radical (unpaired) electrons. The van der Waals surface area contributed by atoms with Gasteiger partial charge in [0.15, 0.2) is 16.4 Å². The molecule has 0 aliphatic carbocycles. The topological polar surface area (TPSA) is 90.6 Å². The molecule has 2 heterocycles. The molecule has 0 N–H and O–H groups in total. The minimum Gasteiger partial charge on any atom is -0.464 e. The number of fused-ring (bicyclic) bond motifs is 1. The van der Waals surface area contributed by atoms with Gasteiger partial charge in [-0.05, 0) is 6.92 Å². The summed E-state index contributed by atoms with van der Waals surface area (Å²) in [7, 11) is 2.42. The van der Waals surface area contributed by atoms with Gasteiger partial charge in [-0.1, -0.05) is 0 Å². The molecule has 0 saturated carbocycles. The molecule has 7 nitrogen and oxygen atoms in total. The average Bonchev–Trinajstić information content (AvgIpc) is 2.68. The maximum Gasteiger partial charge on any atom is 0.356 e. The van der Waals surface area contributed by atoms with Crippen LogP contribution >= 0.6 is 10.7 Å². The summed E-state index contributed by atoms with van der Waals surface area (Å²) in [4.78, 5) is 15.4. The van der Waals surface area contributed by atoms with Crippen LogP contribution in [0.2, 0.25) is 0 Å². The van der Waals surface area contributed by atoms with E-state index in [2.05, 4.69) is 14.8 Å². The number of ether oxygens (including phenoxy) is 1. The molecule has 2 aromatic rings. The van der Waals surface area contributed by atoms with Gasteiger partial charge in [0, 0.05) is 22.3 Å². The fraction of sp³-hybridized carbons (Fsp3) is 0.222. The standard InChI is InChI=1S/C9H8ClN3O4S/c1-5-4-11-13-7(18(10,15)16)3-6(9(14)17-2)12-8(5)13/h3-4H,1-2H3. The Kier molecular flexibility index (Phi) is 2.99. The van der Waals surface area contributed by atoms with Crippen molar-refractivity contribution in [2.24, 2.45) is 0 Å². The third-order valence-electron chi connectivity index (χ3n) is 2.26. The Morgan fingerprint density at radius 1 is 1.50 bits per heavy atom. The molecule has 0 amide bonds. The largest absolute Gasteiger partial charge is 0.464 e. The van der Waals surface area contributed by atoms with E-state index < -0.39 is 15.0 Å². The van der Waals surface area contributed by atoms with Crippen molar-refractivity contribution in [3.8, 4) is 0 Å². The van der Waals surface area contributed by atoms with E-state index in [4.69, 9.17) is 10.7 Å². The predicted octanol–water partition coefficient (Wildman–Crippen LogP) is 0.752. The zero-order chi connectivity index (χ0) is 13.5. The Morgan fingerprint density at radius 3 is 2.72 bits per heavy atom. The molecule has 9 heteroatoms. The molecular weight excluding hydrogens is 282 g/mol. The minimum absolute atomic E-state index is 0.146. The van der Waals surface area contributed by atoms with Crippen LogP contribution in [0.3, 0.4) is 0 Å². The van der Waals surface area contributed by atoms with Crippen LogP contribution in [0.1, 0.15) is 16.1 Å². The van der Waals surface area contributed by atoms with Crippen molar-refractivity contribution in [3.05, 3.63) is 23.5 Å². The summed E-state index contributed by atoms with van der Waals surface area (Å²) in [6.45, 7) is 1.68. The Morgan fingerprint density at radius 2 is 2.17 bits per heavy atom. The molecule has 0 aromatic carbocycles. The molecular formula is C9H8ClN3O4S. The van der Waals surface area contributed by atoms with E-state index in [1.165, 1.54) is 13.3 Å². The van der Waals surface area contributed by atoms with Crippen molar-refractivity contribution < 1.29 is 17.9 Å². The van der Waals surface area contributed by atoms with Gasteiger partial charge in [0.25, 0.3) is 9.05 Å². The van der Waals surface area contributed by atoms with Gasteiger partial charge in [0.2, 0.25) is 0 Å². The molecule has 0 bridgehead atoms. The van der Waals surface area contributed by atoms with E-state index in [0.717, 1.165) is 10.6 Å². The number of hydrogen-bond acceptors (Lipinski definition) is 6. The smallest absolute Gasteiger partial charge is 0.356 e. The first kappa shape index (κ1) is 12.8. The van der Waals surface area contributed by atoms with E-state index in [0.29, 0.717) is 5.56 Å². The van der Waals surface area contributed by atoms with Crippen molar-refractivity contribution in [3.63, 3.8) is 0 Å². The van der Waals surface area contributed by atoms with Crippen LogP contribution in [-0.4, -0.2) is 36.1 Å². The number of halogens is 1. The van der Waals surface area contributed by atoms with E-state index in [1.807, 2.05) is 0 Å². The maximum absolute atomic E-state index is 11.4. The monoisotopic (exact) mass is 289 g/mol. The summed E-state index contributed by atoms with van der Waals surface area (Å²) >= 11 is 0. The fourth-order valence-corrected chi connectivity index (χ4v) is 2.35. The second-order valence-electron chi connectivity index (χ2n) is 3.47. The number of rotatable bonds is 2.